The minimum absolute atomic E-state index is 0.847. The van der Waals surface area contributed by atoms with E-state index >= 15 is 0 Å². The van der Waals surface area contributed by atoms with E-state index in [9.17, 15) is 0 Å². The molecule has 90 valence electrons. The van der Waals surface area contributed by atoms with Gasteiger partial charge in [-0.1, -0.05) is 0 Å². The summed E-state index contributed by atoms with van der Waals surface area (Å²) < 4.78 is 4.58. The van der Waals surface area contributed by atoms with Crippen LogP contribution in [0.5, 0.6) is 0 Å². The second-order valence-corrected chi connectivity index (χ2v) is 5.86. The van der Waals surface area contributed by atoms with Gasteiger partial charge in [-0.15, -0.1) is 0 Å². The quantitative estimate of drug-likeness (QED) is 0.743. The van der Waals surface area contributed by atoms with Crippen LogP contribution in [0.3, 0.4) is 0 Å². The van der Waals surface area contributed by atoms with E-state index in [-0.39, 0.29) is 0 Å². The van der Waals surface area contributed by atoms with Crippen molar-refractivity contribution in [3.63, 3.8) is 0 Å². The molecule has 0 saturated carbocycles. The van der Waals surface area contributed by atoms with Gasteiger partial charge < -0.3 is 9.88 Å². The Balaban J connectivity index is 2.09. The molecule has 1 N–H and O–H groups in total. The number of hydrogen-bond acceptors (Lipinski definition) is 1. The normalized spacial score (nSPS) is 10.5. The number of aryl methyl sites for hydroxylation is 1. The summed E-state index contributed by atoms with van der Waals surface area (Å²) in [4.78, 5) is 0. The topological polar surface area (TPSA) is 17.0 Å². The maximum Gasteiger partial charge on any atom is 0.0553 e. The number of rotatable bonds is 4. The zero-order chi connectivity index (χ0) is 12.3. The fraction of sp³-hybridized carbons (Fsp3) is 0.231. The number of halogens is 2. The summed E-state index contributed by atoms with van der Waals surface area (Å²) in [5.41, 5.74) is 2.44. The first-order valence-corrected chi connectivity index (χ1v) is 7.41. The van der Waals surface area contributed by atoms with Gasteiger partial charge in [0.1, 0.15) is 0 Å². The molecule has 17 heavy (non-hydrogen) atoms. The highest BCUT2D eigenvalue weighted by Crippen LogP contribution is 2.24. The van der Waals surface area contributed by atoms with Gasteiger partial charge in [-0.3, -0.25) is 0 Å². The third-order valence-corrected chi connectivity index (χ3v) is 4.02. The van der Waals surface area contributed by atoms with Crippen molar-refractivity contribution in [2.75, 3.05) is 5.32 Å². The molecule has 1 heterocycles. The summed E-state index contributed by atoms with van der Waals surface area (Å²) in [6.45, 7) is 4.02. The Hall–Kier alpha value is -0.490. The molecule has 0 bridgehead atoms. The Morgan fingerprint density at radius 1 is 1.35 bits per heavy atom. The van der Waals surface area contributed by atoms with Crippen LogP contribution in [0.2, 0.25) is 0 Å². The molecular formula is C13H14BrIN2. The lowest BCUT2D eigenvalue weighted by molar-refractivity contribution is 0.724. The van der Waals surface area contributed by atoms with Gasteiger partial charge in [0.15, 0.2) is 0 Å². The minimum atomic E-state index is 0.847. The van der Waals surface area contributed by atoms with Crippen LogP contribution in [0, 0.1) is 3.57 Å². The molecular weight excluding hydrogens is 391 g/mol. The highest BCUT2D eigenvalue weighted by Gasteiger charge is 2.02. The SMILES string of the molecule is CCn1cccc1CNc1cc(I)ccc1Br. The highest BCUT2D eigenvalue weighted by molar-refractivity contribution is 14.1. The fourth-order valence-electron chi connectivity index (χ4n) is 1.74. The van der Waals surface area contributed by atoms with Crippen LogP contribution in [-0.4, -0.2) is 4.57 Å². The van der Waals surface area contributed by atoms with Gasteiger partial charge >= 0.3 is 0 Å². The van der Waals surface area contributed by atoms with Crippen molar-refractivity contribution >= 4 is 44.2 Å². The number of benzene rings is 1. The van der Waals surface area contributed by atoms with Crippen molar-refractivity contribution in [3.8, 4) is 0 Å². The molecule has 0 unspecified atom stereocenters. The number of nitrogens with one attached hydrogen (secondary N) is 1. The number of aromatic nitrogens is 1. The standard InChI is InChI=1S/C13H14BrIN2/c1-2-17-7-3-4-11(17)9-16-13-8-10(15)5-6-12(13)14/h3-8,16H,2,9H2,1H3. The number of nitrogens with zero attached hydrogens (tertiary/aromatic N) is 1. The van der Waals surface area contributed by atoms with Crippen LogP contribution in [0.15, 0.2) is 41.0 Å². The van der Waals surface area contributed by atoms with E-state index in [0.717, 1.165) is 23.2 Å². The summed E-state index contributed by atoms with van der Waals surface area (Å²) in [6, 6.07) is 10.5. The lowest BCUT2D eigenvalue weighted by atomic mass is 10.3. The Bertz CT molecular complexity index is 508. The van der Waals surface area contributed by atoms with Gasteiger partial charge in [-0.25, -0.2) is 0 Å². The predicted molar refractivity (Wildman–Crippen MR) is 84.3 cm³/mol. The summed E-state index contributed by atoms with van der Waals surface area (Å²) in [5, 5.41) is 3.46. The average molecular weight is 405 g/mol. The van der Waals surface area contributed by atoms with Gasteiger partial charge in [-0.2, -0.15) is 0 Å². The molecule has 1 aromatic heterocycles. The molecule has 0 amide bonds. The van der Waals surface area contributed by atoms with E-state index in [4.69, 9.17) is 0 Å². The third-order valence-electron chi connectivity index (χ3n) is 2.65. The highest BCUT2D eigenvalue weighted by atomic mass is 127. The Morgan fingerprint density at radius 3 is 2.94 bits per heavy atom. The molecule has 0 radical (unpaired) electrons. The molecule has 4 heteroatoms. The minimum Gasteiger partial charge on any atom is -0.379 e. The van der Waals surface area contributed by atoms with Crippen LogP contribution in [-0.2, 0) is 13.1 Å². The van der Waals surface area contributed by atoms with Gasteiger partial charge in [0.05, 0.1) is 6.54 Å². The van der Waals surface area contributed by atoms with Crippen LogP contribution in [0.4, 0.5) is 5.69 Å². The predicted octanol–water partition coefficient (Wildman–Crippen LogP) is 4.49. The van der Waals surface area contributed by atoms with E-state index in [1.54, 1.807) is 0 Å². The molecule has 0 aliphatic rings. The van der Waals surface area contributed by atoms with Crippen molar-refractivity contribution in [1.82, 2.24) is 4.57 Å². The van der Waals surface area contributed by atoms with Crippen molar-refractivity contribution in [2.24, 2.45) is 0 Å². The van der Waals surface area contributed by atoms with Crippen LogP contribution >= 0.6 is 38.5 Å². The van der Waals surface area contributed by atoms with Crippen molar-refractivity contribution in [2.45, 2.75) is 20.0 Å². The Labute approximate surface area is 124 Å². The van der Waals surface area contributed by atoms with Crippen LogP contribution < -0.4 is 5.32 Å². The van der Waals surface area contributed by atoms with Gasteiger partial charge in [0, 0.05) is 32.2 Å². The lowest BCUT2D eigenvalue weighted by Crippen LogP contribution is -2.06. The molecule has 0 saturated heterocycles. The molecule has 0 aliphatic heterocycles. The third kappa shape index (κ3) is 3.25. The summed E-state index contributed by atoms with van der Waals surface area (Å²) in [5.74, 6) is 0. The van der Waals surface area contributed by atoms with Crippen molar-refractivity contribution < 1.29 is 0 Å². The van der Waals surface area contributed by atoms with Gasteiger partial charge in [0.2, 0.25) is 0 Å². The molecule has 0 aliphatic carbocycles. The van der Waals surface area contributed by atoms with E-state index in [1.807, 2.05) is 0 Å². The smallest absolute Gasteiger partial charge is 0.0553 e. The summed E-state index contributed by atoms with van der Waals surface area (Å²) in [7, 11) is 0. The molecule has 2 nitrogen and oxygen atoms in total. The van der Waals surface area contributed by atoms with E-state index in [2.05, 4.69) is 91.9 Å². The maximum atomic E-state index is 3.56. The van der Waals surface area contributed by atoms with Crippen LogP contribution in [0.1, 0.15) is 12.6 Å². The molecule has 2 rings (SSSR count). The molecule has 0 spiro atoms. The van der Waals surface area contributed by atoms with Crippen molar-refractivity contribution in [3.05, 3.63) is 50.3 Å². The molecule has 2 aromatic rings. The van der Waals surface area contributed by atoms with E-state index < -0.39 is 0 Å². The average Bonchev–Trinajstić information content (AvgIpc) is 2.77. The molecule has 0 fully saturated rings. The number of hydrogen-bond donors (Lipinski definition) is 1. The first kappa shape index (κ1) is 13.0. The first-order valence-electron chi connectivity index (χ1n) is 5.53. The number of anilines is 1. The maximum absolute atomic E-state index is 3.56. The largest absolute Gasteiger partial charge is 0.379 e. The molecule has 0 atom stereocenters. The molecule has 1 aromatic carbocycles. The van der Waals surface area contributed by atoms with Gasteiger partial charge in [-0.05, 0) is 75.8 Å². The summed E-state index contributed by atoms with van der Waals surface area (Å²) in [6.07, 6.45) is 2.11. The Morgan fingerprint density at radius 2 is 2.18 bits per heavy atom. The van der Waals surface area contributed by atoms with Gasteiger partial charge in [0.25, 0.3) is 0 Å². The fourth-order valence-corrected chi connectivity index (χ4v) is 2.62. The van der Waals surface area contributed by atoms with E-state index in [1.165, 1.54) is 9.26 Å². The second kappa shape index (κ2) is 5.91. The second-order valence-electron chi connectivity index (χ2n) is 3.76. The summed E-state index contributed by atoms with van der Waals surface area (Å²) >= 11 is 5.88. The van der Waals surface area contributed by atoms with Crippen molar-refractivity contribution in [1.29, 1.82) is 0 Å². The van der Waals surface area contributed by atoms with Crippen LogP contribution in [0.25, 0.3) is 0 Å². The van der Waals surface area contributed by atoms with E-state index in [0.29, 0.717) is 0 Å². The monoisotopic (exact) mass is 404 g/mol. The first-order chi connectivity index (χ1) is 8.20. The zero-order valence-corrected chi connectivity index (χ0v) is 13.3. The zero-order valence-electron chi connectivity index (χ0n) is 9.58. The lowest BCUT2D eigenvalue weighted by Gasteiger charge is -2.11. The Kier molecular flexibility index (Phi) is 4.50.